The molecule has 0 N–H and O–H groups in total. The first kappa shape index (κ1) is 7.97. The maximum absolute atomic E-state index is 11.3. The second-order valence-electron chi connectivity index (χ2n) is 3.03. The molecule has 2 aliphatic rings. The lowest BCUT2D eigenvalue weighted by Gasteiger charge is -2.45. The van der Waals surface area contributed by atoms with Crippen LogP contribution in [0, 0.1) is 0 Å². The van der Waals surface area contributed by atoms with Gasteiger partial charge in [-0.15, -0.1) is 0 Å². The number of methoxy groups -OCH3 is 1. The molecule has 0 aliphatic carbocycles. The average molecular weight is 174 g/mol. The van der Waals surface area contributed by atoms with Crippen LogP contribution in [0.25, 0.3) is 0 Å². The van der Waals surface area contributed by atoms with E-state index in [1.54, 1.807) is 6.92 Å². The van der Waals surface area contributed by atoms with E-state index >= 15 is 0 Å². The molecule has 0 aromatic carbocycles. The molecule has 68 valence electrons. The van der Waals surface area contributed by atoms with Crippen molar-refractivity contribution in [3.63, 3.8) is 0 Å². The van der Waals surface area contributed by atoms with Crippen molar-refractivity contribution in [2.24, 2.45) is 0 Å². The summed E-state index contributed by atoms with van der Waals surface area (Å²) in [6.07, 6.45) is 0.482. The number of ether oxygens (including phenoxy) is 2. The van der Waals surface area contributed by atoms with Gasteiger partial charge in [-0.1, -0.05) is 0 Å². The Bertz CT molecular complexity index is 228. The van der Waals surface area contributed by atoms with Crippen molar-refractivity contribution >= 4 is 5.97 Å². The highest BCUT2D eigenvalue weighted by Gasteiger charge is 2.72. The summed E-state index contributed by atoms with van der Waals surface area (Å²) in [5.41, 5.74) is -1.03. The zero-order valence-corrected chi connectivity index (χ0v) is 6.96. The molecule has 0 radical (unpaired) electrons. The molecule has 5 nitrogen and oxygen atoms in total. The summed E-state index contributed by atoms with van der Waals surface area (Å²) in [5, 5.41) is 0. The van der Waals surface area contributed by atoms with E-state index in [4.69, 9.17) is 14.5 Å². The van der Waals surface area contributed by atoms with E-state index < -0.39 is 17.4 Å². The Morgan fingerprint density at radius 3 is 2.67 bits per heavy atom. The van der Waals surface area contributed by atoms with Crippen LogP contribution in [0.5, 0.6) is 0 Å². The molecule has 2 aliphatic heterocycles. The monoisotopic (exact) mass is 174 g/mol. The van der Waals surface area contributed by atoms with Gasteiger partial charge in [0.15, 0.2) is 0 Å². The summed E-state index contributed by atoms with van der Waals surface area (Å²) >= 11 is 0. The zero-order chi connectivity index (χ0) is 8.82. The maximum atomic E-state index is 11.3. The van der Waals surface area contributed by atoms with E-state index in [1.807, 2.05) is 0 Å². The highest BCUT2D eigenvalue weighted by molar-refractivity contribution is 5.82. The lowest BCUT2D eigenvalue weighted by molar-refractivity contribution is -0.572. The van der Waals surface area contributed by atoms with Crippen molar-refractivity contribution in [1.29, 1.82) is 0 Å². The average Bonchev–Trinajstić information content (AvgIpc) is 2.28. The Labute approximate surface area is 69.5 Å². The van der Waals surface area contributed by atoms with Crippen molar-refractivity contribution < 1.29 is 24.0 Å². The van der Waals surface area contributed by atoms with E-state index in [0.717, 1.165) is 0 Å². The molecular weight excluding hydrogens is 164 g/mol. The lowest BCUT2D eigenvalue weighted by atomic mass is 9.92. The van der Waals surface area contributed by atoms with Crippen molar-refractivity contribution in [3.8, 4) is 0 Å². The number of rotatable bonds is 1. The zero-order valence-electron chi connectivity index (χ0n) is 6.96. The fourth-order valence-corrected chi connectivity index (χ4v) is 1.54. The van der Waals surface area contributed by atoms with Gasteiger partial charge in [0.25, 0.3) is 5.60 Å². The first-order valence-electron chi connectivity index (χ1n) is 3.74. The second-order valence-corrected chi connectivity index (χ2v) is 3.03. The van der Waals surface area contributed by atoms with Gasteiger partial charge in [-0.25, -0.2) is 9.68 Å². The summed E-state index contributed by atoms with van der Waals surface area (Å²) in [7, 11) is 1.32. The smallest absolute Gasteiger partial charge is 0.347 e. The van der Waals surface area contributed by atoms with Crippen LogP contribution in [0.1, 0.15) is 13.3 Å². The predicted molar refractivity (Wildman–Crippen MR) is 35.9 cm³/mol. The van der Waals surface area contributed by atoms with Crippen molar-refractivity contribution in [2.75, 3.05) is 13.7 Å². The van der Waals surface area contributed by atoms with Crippen molar-refractivity contribution in [1.82, 2.24) is 0 Å². The summed E-state index contributed by atoms with van der Waals surface area (Å²) in [4.78, 5) is 20.8. The molecule has 0 spiro atoms. The van der Waals surface area contributed by atoms with Crippen LogP contribution in [0.15, 0.2) is 0 Å². The third-order valence-corrected chi connectivity index (χ3v) is 2.42. The van der Waals surface area contributed by atoms with Gasteiger partial charge in [0.05, 0.1) is 13.7 Å². The highest BCUT2D eigenvalue weighted by atomic mass is 17.3. The van der Waals surface area contributed by atoms with Crippen molar-refractivity contribution in [3.05, 3.63) is 0 Å². The minimum absolute atomic E-state index is 0.436. The standard InChI is InChI=1S/C7H10O5/c1-6-7(12-11-6,3-4-10-6)5(8)9-2/h3-4H2,1-2H3/t6-,7+/m1/s1. The van der Waals surface area contributed by atoms with Gasteiger partial charge < -0.3 is 9.47 Å². The highest BCUT2D eigenvalue weighted by Crippen LogP contribution is 2.49. The molecule has 0 aromatic rings. The molecule has 2 rings (SSSR count). The van der Waals surface area contributed by atoms with Crippen LogP contribution in [0.3, 0.4) is 0 Å². The number of carbonyl (C=O) groups excluding carboxylic acids is 1. The van der Waals surface area contributed by atoms with Crippen LogP contribution in [-0.2, 0) is 24.0 Å². The molecule has 0 saturated carbocycles. The molecule has 0 aromatic heterocycles. The van der Waals surface area contributed by atoms with Gasteiger partial charge >= 0.3 is 5.97 Å². The largest absolute Gasteiger partial charge is 0.467 e. The molecule has 0 bridgehead atoms. The number of esters is 1. The Morgan fingerprint density at radius 1 is 1.50 bits per heavy atom. The molecule has 2 heterocycles. The van der Waals surface area contributed by atoms with E-state index in [1.165, 1.54) is 7.11 Å². The van der Waals surface area contributed by atoms with Gasteiger partial charge in [-0.3, -0.25) is 0 Å². The minimum atomic E-state index is -1.03. The van der Waals surface area contributed by atoms with Gasteiger partial charge in [0.1, 0.15) is 0 Å². The van der Waals surface area contributed by atoms with Crippen LogP contribution < -0.4 is 0 Å². The number of carbonyl (C=O) groups is 1. The predicted octanol–water partition coefficient (Wildman–Crippen LogP) is -0.00350. The number of hydrogen-bond acceptors (Lipinski definition) is 5. The van der Waals surface area contributed by atoms with Gasteiger partial charge in [0.2, 0.25) is 5.79 Å². The minimum Gasteiger partial charge on any atom is -0.467 e. The lowest BCUT2D eigenvalue weighted by Crippen LogP contribution is -2.67. The number of hydrogen-bond donors (Lipinski definition) is 0. The first-order chi connectivity index (χ1) is 5.65. The Hall–Kier alpha value is -0.650. The van der Waals surface area contributed by atoms with Crippen molar-refractivity contribution in [2.45, 2.75) is 24.7 Å². The quantitative estimate of drug-likeness (QED) is 0.413. The van der Waals surface area contributed by atoms with Crippen LogP contribution >= 0.6 is 0 Å². The van der Waals surface area contributed by atoms with Crippen LogP contribution in [-0.4, -0.2) is 31.1 Å². The Kier molecular flexibility index (Phi) is 1.45. The molecule has 0 amide bonds. The third-order valence-electron chi connectivity index (χ3n) is 2.42. The summed E-state index contributed by atoms with van der Waals surface area (Å²) in [5.74, 6) is -1.38. The molecule has 0 unspecified atom stereocenters. The van der Waals surface area contributed by atoms with Crippen LogP contribution in [0.4, 0.5) is 0 Å². The SMILES string of the molecule is COC(=O)[C@@]12CCO[C@]1(C)OO2. The fourth-order valence-electron chi connectivity index (χ4n) is 1.54. The maximum Gasteiger partial charge on any atom is 0.347 e. The summed E-state index contributed by atoms with van der Waals surface area (Å²) in [6.45, 7) is 2.12. The molecule has 2 atom stereocenters. The van der Waals surface area contributed by atoms with Gasteiger partial charge in [-0.2, -0.15) is 4.89 Å². The van der Waals surface area contributed by atoms with E-state index in [9.17, 15) is 4.79 Å². The normalized spacial score (nSPS) is 44.8. The molecular formula is C7H10O5. The third kappa shape index (κ3) is 0.663. The molecule has 12 heavy (non-hydrogen) atoms. The molecule has 5 heteroatoms. The Morgan fingerprint density at radius 2 is 2.25 bits per heavy atom. The van der Waals surface area contributed by atoms with E-state index in [-0.39, 0.29) is 0 Å². The van der Waals surface area contributed by atoms with E-state index in [0.29, 0.717) is 13.0 Å². The molecule has 2 saturated heterocycles. The van der Waals surface area contributed by atoms with Gasteiger partial charge in [-0.05, 0) is 6.92 Å². The Balaban J connectivity index is 2.26. The fraction of sp³-hybridized carbons (Fsp3) is 0.857. The second kappa shape index (κ2) is 2.18. The van der Waals surface area contributed by atoms with Gasteiger partial charge in [0, 0.05) is 6.42 Å². The van der Waals surface area contributed by atoms with E-state index in [2.05, 4.69) is 4.74 Å². The molecule has 2 fully saturated rings. The van der Waals surface area contributed by atoms with Crippen LogP contribution in [0.2, 0.25) is 0 Å². The first-order valence-corrected chi connectivity index (χ1v) is 3.74. The summed E-state index contributed by atoms with van der Waals surface area (Å²) in [6, 6.07) is 0. The summed E-state index contributed by atoms with van der Waals surface area (Å²) < 4.78 is 9.82. The topological polar surface area (TPSA) is 54.0 Å². The number of fused-ring (bicyclic) bond motifs is 1.